The number of hydrogen-bond acceptors (Lipinski definition) is 2. The van der Waals surface area contributed by atoms with Gasteiger partial charge >= 0.3 is 0 Å². The zero-order valence-electron chi connectivity index (χ0n) is 9.87. The number of halogens is 1. The molecular formula is C12H18FNOS. The van der Waals surface area contributed by atoms with E-state index in [1.165, 1.54) is 12.1 Å². The smallest absolute Gasteiger partial charge is 0.123 e. The lowest BCUT2D eigenvalue weighted by molar-refractivity contribution is 0.554. The molecule has 1 rings (SSSR count). The first-order valence-corrected chi connectivity index (χ1v) is 6.59. The van der Waals surface area contributed by atoms with Gasteiger partial charge in [0.1, 0.15) is 5.82 Å². The summed E-state index contributed by atoms with van der Waals surface area (Å²) in [6.45, 7) is 4.01. The highest BCUT2D eigenvalue weighted by molar-refractivity contribution is 7.85. The van der Waals surface area contributed by atoms with Crippen molar-refractivity contribution in [3.05, 3.63) is 30.1 Å². The topological polar surface area (TPSA) is 29.1 Å². The molecule has 0 amide bonds. The summed E-state index contributed by atoms with van der Waals surface area (Å²) in [5.74, 6) is -0.294. The van der Waals surface area contributed by atoms with Crippen LogP contribution < -0.4 is 5.32 Å². The van der Waals surface area contributed by atoms with Crippen LogP contribution in [0.4, 0.5) is 4.39 Å². The van der Waals surface area contributed by atoms with Crippen LogP contribution in [0.25, 0.3) is 0 Å². The van der Waals surface area contributed by atoms with E-state index in [0.717, 1.165) is 6.42 Å². The fourth-order valence-electron chi connectivity index (χ4n) is 1.50. The Bertz CT molecular complexity index is 353. The van der Waals surface area contributed by atoms with E-state index in [1.54, 1.807) is 12.1 Å². The van der Waals surface area contributed by atoms with Crippen LogP contribution in [0.2, 0.25) is 0 Å². The monoisotopic (exact) mass is 243 g/mol. The Morgan fingerprint density at radius 3 is 2.38 bits per heavy atom. The fourth-order valence-corrected chi connectivity index (χ4v) is 2.84. The molecule has 0 heterocycles. The molecule has 90 valence electrons. The minimum Gasteiger partial charge on any atom is -0.317 e. The lowest BCUT2D eigenvalue weighted by atomic mass is 10.2. The van der Waals surface area contributed by atoms with Crippen molar-refractivity contribution in [3.63, 3.8) is 0 Å². The zero-order chi connectivity index (χ0) is 12.1. The van der Waals surface area contributed by atoms with E-state index in [1.807, 2.05) is 14.0 Å². The van der Waals surface area contributed by atoms with E-state index >= 15 is 0 Å². The van der Waals surface area contributed by atoms with E-state index in [-0.39, 0.29) is 11.1 Å². The van der Waals surface area contributed by atoms with E-state index in [2.05, 4.69) is 12.2 Å². The van der Waals surface area contributed by atoms with Gasteiger partial charge in [-0.2, -0.15) is 0 Å². The van der Waals surface area contributed by atoms with Gasteiger partial charge in [-0.15, -0.1) is 0 Å². The molecule has 0 aliphatic rings. The van der Waals surface area contributed by atoms with Crippen LogP contribution in [-0.2, 0) is 10.8 Å². The predicted molar refractivity (Wildman–Crippen MR) is 65.4 cm³/mol. The van der Waals surface area contributed by atoms with Crippen LogP contribution in [0.5, 0.6) is 0 Å². The number of hydrogen-bond donors (Lipinski definition) is 1. The summed E-state index contributed by atoms with van der Waals surface area (Å²) >= 11 is 0. The Morgan fingerprint density at radius 1 is 1.31 bits per heavy atom. The third-order valence-corrected chi connectivity index (χ3v) is 4.25. The molecule has 0 aromatic heterocycles. The number of nitrogens with one attached hydrogen (secondary N) is 1. The van der Waals surface area contributed by atoms with Crippen molar-refractivity contribution in [2.24, 2.45) is 0 Å². The van der Waals surface area contributed by atoms with Gasteiger partial charge in [0.05, 0.1) is 10.8 Å². The summed E-state index contributed by atoms with van der Waals surface area (Å²) in [5.41, 5.74) is 0. The maximum Gasteiger partial charge on any atom is 0.123 e. The zero-order valence-corrected chi connectivity index (χ0v) is 10.7. The molecule has 1 N–H and O–H groups in total. The quantitative estimate of drug-likeness (QED) is 0.860. The minimum absolute atomic E-state index is 0.0629. The van der Waals surface area contributed by atoms with Crippen molar-refractivity contribution < 1.29 is 8.60 Å². The highest BCUT2D eigenvalue weighted by Gasteiger charge is 2.15. The van der Waals surface area contributed by atoms with Crippen molar-refractivity contribution in [2.75, 3.05) is 7.05 Å². The molecule has 1 aromatic rings. The summed E-state index contributed by atoms with van der Waals surface area (Å²) in [7, 11) is 0.822. The molecule has 0 bridgehead atoms. The van der Waals surface area contributed by atoms with Crippen LogP contribution in [0, 0.1) is 5.82 Å². The molecule has 1 aromatic carbocycles. The average Bonchev–Trinajstić information content (AvgIpc) is 2.28. The standard InChI is InChI=1S/C12H18FNOS/c1-9(14-3)8-10(2)16(15)12-6-4-11(13)5-7-12/h4-7,9-10,14H,8H2,1-3H3. The molecule has 2 nitrogen and oxygen atoms in total. The average molecular weight is 243 g/mol. The Labute approximate surface area is 98.7 Å². The lowest BCUT2D eigenvalue weighted by Crippen LogP contribution is -2.27. The largest absolute Gasteiger partial charge is 0.317 e. The number of rotatable bonds is 5. The molecule has 0 spiro atoms. The fraction of sp³-hybridized carbons (Fsp3) is 0.500. The summed E-state index contributed by atoms with van der Waals surface area (Å²) in [6, 6.07) is 6.21. The molecule has 0 aliphatic heterocycles. The SMILES string of the molecule is CNC(C)CC(C)S(=O)c1ccc(F)cc1. The first kappa shape index (κ1) is 13.3. The summed E-state index contributed by atoms with van der Waals surface area (Å²) < 4.78 is 24.8. The third-order valence-electron chi connectivity index (χ3n) is 2.59. The minimum atomic E-state index is -1.07. The second kappa shape index (κ2) is 6.11. The molecule has 16 heavy (non-hydrogen) atoms. The van der Waals surface area contributed by atoms with Crippen molar-refractivity contribution in [2.45, 2.75) is 36.5 Å². The molecule has 4 heteroatoms. The van der Waals surface area contributed by atoms with Crippen molar-refractivity contribution in [3.8, 4) is 0 Å². The van der Waals surface area contributed by atoms with E-state index in [0.29, 0.717) is 10.9 Å². The first-order valence-electron chi connectivity index (χ1n) is 5.38. The Morgan fingerprint density at radius 2 is 1.88 bits per heavy atom. The van der Waals surface area contributed by atoms with E-state index < -0.39 is 10.8 Å². The molecule has 0 fully saturated rings. The van der Waals surface area contributed by atoms with Gasteiger partial charge in [-0.25, -0.2) is 4.39 Å². The maximum absolute atomic E-state index is 12.7. The van der Waals surface area contributed by atoms with Gasteiger partial charge in [0.25, 0.3) is 0 Å². The van der Waals surface area contributed by atoms with Gasteiger partial charge in [-0.3, -0.25) is 4.21 Å². The highest BCUT2D eigenvalue weighted by atomic mass is 32.2. The molecule has 3 atom stereocenters. The van der Waals surface area contributed by atoms with Crippen LogP contribution >= 0.6 is 0 Å². The van der Waals surface area contributed by atoms with Gasteiger partial charge < -0.3 is 5.32 Å². The summed E-state index contributed by atoms with van der Waals surface area (Å²) in [6.07, 6.45) is 0.834. The van der Waals surface area contributed by atoms with Gasteiger partial charge in [0.2, 0.25) is 0 Å². The van der Waals surface area contributed by atoms with Crippen molar-refractivity contribution in [1.82, 2.24) is 5.32 Å². The Kier molecular flexibility index (Phi) is 5.09. The second-order valence-electron chi connectivity index (χ2n) is 3.99. The highest BCUT2D eigenvalue weighted by Crippen LogP contribution is 2.15. The van der Waals surface area contributed by atoms with E-state index in [4.69, 9.17) is 0 Å². The predicted octanol–water partition coefficient (Wildman–Crippen LogP) is 2.32. The molecule has 0 aliphatic carbocycles. The number of benzene rings is 1. The van der Waals surface area contributed by atoms with Gasteiger partial charge in [0, 0.05) is 16.2 Å². The molecule has 0 radical (unpaired) electrons. The lowest BCUT2D eigenvalue weighted by Gasteiger charge is -2.16. The molecule has 0 saturated heterocycles. The van der Waals surface area contributed by atoms with Crippen LogP contribution in [0.1, 0.15) is 20.3 Å². The van der Waals surface area contributed by atoms with Crippen LogP contribution in [0.3, 0.4) is 0 Å². The van der Waals surface area contributed by atoms with Crippen LogP contribution in [-0.4, -0.2) is 22.5 Å². The summed E-state index contributed by atoms with van der Waals surface area (Å²) in [5, 5.41) is 3.18. The van der Waals surface area contributed by atoms with Crippen LogP contribution in [0.15, 0.2) is 29.2 Å². The van der Waals surface area contributed by atoms with Gasteiger partial charge in [-0.05, 0) is 44.7 Å². The molecule has 0 saturated carbocycles. The first-order chi connectivity index (χ1) is 7.54. The maximum atomic E-state index is 12.7. The van der Waals surface area contributed by atoms with E-state index in [9.17, 15) is 8.60 Å². The van der Waals surface area contributed by atoms with Gasteiger partial charge in [0.15, 0.2) is 0 Å². The Balaban J connectivity index is 2.67. The Hall–Kier alpha value is -0.740. The van der Waals surface area contributed by atoms with Crippen molar-refractivity contribution in [1.29, 1.82) is 0 Å². The van der Waals surface area contributed by atoms with Crippen molar-refractivity contribution >= 4 is 10.8 Å². The van der Waals surface area contributed by atoms with Gasteiger partial charge in [-0.1, -0.05) is 6.92 Å². The second-order valence-corrected chi connectivity index (χ2v) is 5.86. The summed E-state index contributed by atoms with van der Waals surface area (Å²) in [4.78, 5) is 0.692. The molecule has 3 unspecified atom stereocenters. The normalized spacial score (nSPS) is 16.8. The third kappa shape index (κ3) is 3.68. The molecular weight excluding hydrogens is 225 g/mol.